The van der Waals surface area contributed by atoms with Crippen LogP contribution < -0.4 is 4.90 Å². The Morgan fingerprint density at radius 2 is 1.71 bits per heavy atom. The van der Waals surface area contributed by atoms with E-state index in [4.69, 9.17) is 5.11 Å². The zero-order valence-electron chi connectivity index (χ0n) is 10.2. The summed E-state index contributed by atoms with van der Waals surface area (Å²) in [6.07, 6.45) is 6.66. The topological polar surface area (TPSA) is 23.5 Å². The fourth-order valence-electron chi connectivity index (χ4n) is 2.39. The fourth-order valence-corrected chi connectivity index (χ4v) is 3.07. The number of anilines is 1. The van der Waals surface area contributed by atoms with Crippen LogP contribution in [0, 0.1) is 0 Å². The van der Waals surface area contributed by atoms with Crippen molar-refractivity contribution in [3.05, 3.63) is 28.2 Å². The summed E-state index contributed by atoms with van der Waals surface area (Å²) < 4.78 is 1.10. The molecule has 0 atom stereocenters. The minimum atomic E-state index is 0.110. The number of hydrogen-bond acceptors (Lipinski definition) is 2. The van der Waals surface area contributed by atoms with Crippen LogP contribution in [0.2, 0.25) is 0 Å². The average Bonchev–Trinajstić information content (AvgIpc) is 2.29. The predicted molar refractivity (Wildman–Crippen MR) is 75.4 cm³/mol. The molecule has 17 heavy (non-hydrogen) atoms. The van der Waals surface area contributed by atoms with Gasteiger partial charge in [0.05, 0.1) is 12.3 Å². The molecule has 1 aliphatic heterocycles. The molecule has 1 N–H and O–H groups in total. The van der Waals surface area contributed by atoms with Gasteiger partial charge in [-0.3, -0.25) is 0 Å². The Morgan fingerprint density at radius 3 is 2.29 bits per heavy atom. The number of rotatable bonds is 2. The number of hydrogen-bond donors (Lipinski definition) is 1. The lowest BCUT2D eigenvalue weighted by Gasteiger charge is -2.28. The van der Waals surface area contributed by atoms with E-state index in [0.29, 0.717) is 0 Å². The van der Waals surface area contributed by atoms with Gasteiger partial charge in [0, 0.05) is 17.6 Å². The molecule has 0 amide bonds. The number of aliphatic hydroxyl groups is 1. The van der Waals surface area contributed by atoms with Crippen LogP contribution in [-0.4, -0.2) is 18.2 Å². The fraction of sp³-hybridized carbons (Fsp3) is 0.571. The van der Waals surface area contributed by atoms with Crippen molar-refractivity contribution >= 4 is 21.6 Å². The molecule has 94 valence electrons. The first-order valence-electron chi connectivity index (χ1n) is 6.45. The van der Waals surface area contributed by atoms with E-state index < -0.39 is 0 Å². The third-order valence-electron chi connectivity index (χ3n) is 3.39. The highest BCUT2D eigenvalue weighted by Crippen LogP contribution is 2.29. The maximum absolute atomic E-state index is 9.11. The van der Waals surface area contributed by atoms with Gasteiger partial charge in [0.15, 0.2) is 0 Å². The Labute approximate surface area is 112 Å². The molecule has 0 aromatic heterocycles. The molecule has 1 fully saturated rings. The van der Waals surface area contributed by atoms with E-state index in [-0.39, 0.29) is 6.61 Å². The summed E-state index contributed by atoms with van der Waals surface area (Å²) >= 11 is 3.62. The minimum absolute atomic E-state index is 0.110. The number of nitrogens with zero attached hydrogens (tertiary/aromatic N) is 1. The largest absolute Gasteiger partial charge is 0.392 e. The van der Waals surface area contributed by atoms with E-state index in [1.807, 2.05) is 12.1 Å². The Bertz CT molecular complexity index is 359. The summed E-state index contributed by atoms with van der Waals surface area (Å²) in [5.41, 5.74) is 2.23. The van der Waals surface area contributed by atoms with E-state index in [0.717, 1.165) is 23.1 Å². The van der Waals surface area contributed by atoms with E-state index in [2.05, 4.69) is 26.9 Å². The van der Waals surface area contributed by atoms with Crippen LogP contribution in [0.4, 0.5) is 5.69 Å². The standard InChI is InChI=1S/C14H20BrNO/c15-13-10-12(11-17)6-7-14(13)16-8-4-2-1-3-5-9-16/h6-7,10,17H,1-5,8-9,11H2. The molecule has 0 bridgehead atoms. The zero-order chi connectivity index (χ0) is 12.1. The zero-order valence-corrected chi connectivity index (χ0v) is 11.7. The van der Waals surface area contributed by atoms with E-state index in [1.165, 1.54) is 37.8 Å². The predicted octanol–water partition coefficient (Wildman–Crippen LogP) is 3.71. The molecule has 2 rings (SSSR count). The van der Waals surface area contributed by atoms with Crippen LogP contribution in [0.25, 0.3) is 0 Å². The summed E-state index contributed by atoms with van der Waals surface area (Å²) in [6, 6.07) is 6.16. The van der Waals surface area contributed by atoms with Crippen molar-refractivity contribution in [2.45, 2.75) is 38.7 Å². The lowest BCUT2D eigenvalue weighted by atomic mass is 10.1. The van der Waals surface area contributed by atoms with Gasteiger partial charge in [-0.05, 0) is 46.5 Å². The quantitative estimate of drug-likeness (QED) is 0.899. The van der Waals surface area contributed by atoms with Crippen molar-refractivity contribution in [2.24, 2.45) is 0 Å². The highest BCUT2D eigenvalue weighted by molar-refractivity contribution is 9.10. The van der Waals surface area contributed by atoms with Crippen molar-refractivity contribution in [3.63, 3.8) is 0 Å². The third kappa shape index (κ3) is 3.46. The van der Waals surface area contributed by atoms with Gasteiger partial charge in [0.1, 0.15) is 0 Å². The van der Waals surface area contributed by atoms with Crippen LogP contribution in [0.15, 0.2) is 22.7 Å². The van der Waals surface area contributed by atoms with E-state index in [1.54, 1.807) is 0 Å². The van der Waals surface area contributed by atoms with E-state index in [9.17, 15) is 0 Å². The maximum atomic E-state index is 9.11. The molecular weight excluding hydrogens is 278 g/mol. The molecule has 1 saturated heterocycles. The van der Waals surface area contributed by atoms with Gasteiger partial charge >= 0.3 is 0 Å². The highest BCUT2D eigenvalue weighted by Gasteiger charge is 2.12. The molecule has 1 aliphatic rings. The van der Waals surface area contributed by atoms with Crippen LogP contribution >= 0.6 is 15.9 Å². The van der Waals surface area contributed by atoms with Gasteiger partial charge in [0.25, 0.3) is 0 Å². The second-order valence-electron chi connectivity index (χ2n) is 4.70. The van der Waals surface area contributed by atoms with Crippen LogP contribution in [0.3, 0.4) is 0 Å². The lowest BCUT2D eigenvalue weighted by Crippen LogP contribution is -2.27. The molecule has 2 nitrogen and oxygen atoms in total. The molecule has 0 unspecified atom stereocenters. The first-order valence-corrected chi connectivity index (χ1v) is 7.25. The summed E-state index contributed by atoms with van der Waals surface area (Å²) in [5, 5.41) is 9.11. The van der Waals surface area contributed by atoms with Crippen LogP contribution in [-0.2, 0) is 6.61 Å². The van der Waals surface area contributed by atoms with Gasteiger partial charge in [-0.15, -0.1) is 0 Å². The first kappa shape index (κ1) is 12.9. The van der Waals surface area contributed by atoms with Crippen LogP contribution in [0.5, 0.6) is 0 Å². The number of benzene rings is 1. The summed E-state index contributed by atoms with van der Waals surface area (Å²) in [7, 11) is 0. The third-order valence-corrected chi connectivity index (χ3v) is 4.03. The minimum Gasteiger partial charge on any atom is -0.392 e. The molecule has 0 saturated carbocycles. The maximum Gasteiger partial charge on any atom is 0.0682 e. The lowest BCUT2D eigenvalue weighted by molar-refractivity contribution is 0.282. The first-order chi connectivity index (χ1) is 8.31. The second kappa shape index (κ2) is 6.41. The average molecular weight is 298 g/mol. The molecule has 1 aromatic rings. The van der Waals surface area contributed by atoms with Crippen molar-refractivity contribution in [1.82, 2.24) is 0 Å². The number of halogens is 1. The van der Waals surface area contributed by atoms with Crippen LogP contribution in [0.1, 0.15) is 37.7 Å². The molecule has 0 aliphatic carbocycles. The normalized spacial score (nSPS) is 17.6. The summed E-state index contributed by atoms with van der Waals surface area (Å²) in [6.45, 7) is 2.41. The smallest absolute Gasteiger partial charge is 0.0682 e. The van der Waals surface area contributed by atoms with Crippen molar-refractivity contribution in [1.29, 1.82) is 0 Å². The van der Waals surface area contributed by atoms with E-state index >= 15 is 0 Å². The monoisotopic (exact) mass is 297 g/mol. The molecule has 1 heterocycles. The Kier molecular flexibility index (Phi) is 4.86. The molecule has 3 heteroatoms. The van der Waals surface area contributed by atoms with Gasteiger partial charge in [-0.2, -0.15) is 0 Å². The van der Waals surface area contributed by atoms with Crippen molar-refractivity contribution in [3.8, 4) is 0 Å². The molecule has 0 radical (unpaired) electrons. The Hall–Kier alpha value is -0.540. The Morgan fingerprint density at radius 1 is 1.06 bits per heavy atom. The van der Waals surface area contributed by atoms with Crippen molar-refractivity contribution in [2.75, 3.05) is 18.0 Å². The summed E-state index contributed by atoms with van der Waals surface area (Å²) in [4.78, 5) is 2.46. The Balaban J connectivity index is 2.13. The molecule has 0 spiro atoms. The SMILES string of the molecule is OCc1ccc(N2CCCCCCC2)c(Br)c1. The number of aliphatic hydroxyl groups excluding tert-OH is 1. The second-order valence-corrected chi connectivity index (χ2v) is 5.55. The summed E-state index contributed by atoms with van der Waals surface area (Å²) in [5.74, 6) is 0. The highest BCUT2D eigenvalue weighted by atomic mass is 79.9. The van der Waals surface area contributed by atoms with Gasteiger partial charge in [0.2, 0.25) is 0 Å². The van der Waals surface area contributed by atoms with Crippen molar-refractivity contribution < 1.29 is 5.11 Å². The molecule has 1 aromatic carbocycles. The van der Waals surface area contributed by atoms with Gasteiger partial charge in [-0.1, -0.05) is 25.3 Å². The van der Waals surface area contributed by atoms with Gasteiger partial charge in [-0.25, -0.2) is 0 Å². The molecular formula is C14H20BrNO. The van der Waals surface area contributed by atoms with Gasteiger partial charge < -0.3 is 10.0 Å².